The van der Waals surface area contributed by atoms with Gasteiger partial charge in [-0.15, -0.1) is 0 Å². The number of unbranched alkanes of at least 4 members (excludes halogenated alkanes) is 6. The Hall–Kier alpha value is -2.17. The topological polar surface area (TPSA) is 60.9 Å². The molecular formula is C22H29N3O2. The SMILES string of the molecule is CCCCCCCCCn1cnc2c(oc3nc4c(cc32)CCCC4)c1=O. The van der Waals surface area contributed by atoms with E-state index in [1.54, 1.807) is 10.9 Å². The quantitative estimate of drug-likeness (QED) is 0.516. The summed E-state index contributed by atoms with van der Waals surface area (Å²) in [7, 11) is 0. The molecule has 1 aliphatic rings. The first kappa shape index (κ1) is 18.2. The zero-order chi connectivity index (χ0) is 18.6. The van der Waals surface area contributed by atoms with Gasteiger partial charge in [0.2, 0.25) is 11.3 Å². The van der Waals surface area contributed by atoms with Crippen LogP contribution in [0, 0.1) is 0 Å². The fraction of sp³-hybridized carbons (Fsp3) is 0.591. The van der Waals surface area contributed by atoms with Crippen molar-refractivity contribution in [1.29, 1.82) is 0 Å². The second-order valence-electron chi connectivity index (χ2n) is 7.80. The number of rotatable bonds is 8. The number of pyridine rings is 1. The van der Waals surface area contributed by atoms with Crippen molar-refractivity contribution in [2.24, 2.45) is 0 Å². The lowest BCUT2D eigenvalue weighted by Crippen LogP contribution is -2.20. The molecule has 4 rings (SSSR count). The molecule has 0 bridgehead atoms. The molecule has 1 aliphatic carbocycles. The molecule has 144 valence electrons. The maximum atomic E-state index is 12.8. The molecule has 0 unspecified atom stereocenters. The van der Waals surface area contributed by atoms with Gasteiger partial charge in [0.15, 0.2) is 0 Å². The molecule has 0 spiro atoms. The minimum atomic E-state index is -0.0815. The number of aryl methyl sites for hydroxylation is 3. The summed E-state index contributed by atoms with van der Waals surface area (Å²) in [6, 6.07) is 2.13. The van der Waals surface area contributed by atoms with Crippen LogP contribution in [0.3, 0.4) is 0 Å². The predicted octanol–water partition coefficient (Wildman–Crippen LogP) is 5.17. The molecule has 3 aromatic rings. The van der Waals surface area contributed by atoms with Crippen molar-refractivity contribution in [3.8, 4) is 0 Å². The summed E-state index contributed by atoms with van der Waals surface area (Å²) in [4.78, 5) is 22.1. The first-order valence-electron chi connectivity index (χ1n) is 10.6. The minimum absolute atomic E-state index is 0.0815. The van der Waals surface area contributed by atoms with Crippen molar-refractivity contribution in [3.05, 3.63) is 34.0 Å². The Labute approximate surface area is 159 Å². The highest BCUT2D eigenvalue weighted by molar-refractivity contribution is 6.00. The Morgan fingerprint density at radius 1 is 1.07 bits per heavy atom. The third-order valence-corrected chi connectivity index (χ3v) is 5.72. The molecule has 0 fully saturated rings. The number of aromatic nitrogens is 3. The normalized spacial score (nSPS) is 14.1. The van der Waals surface area contributed by atoms with E-state index in [1.807, 2.05) is 0 Å². The van der Waals surface area contributed by atoms with Gasteiger partial charge in [-0.25, -0.2) is 9.97 Å². The van der Waals surface area contributed by atoms with Crippen LogP contribution < -0.4 is 5.56 Å². The van der Waals surface area contributed by atoms with Gasteiger partial charge in [-0.05, 0) is 43.7 Å². The Morgan fingerprint density at radius 2 is 1.85 bits per heavy atom. The van der Waals surface area contributed by atoms with E-state index >= 15 is 0 Å². The maximum absolute atomic E-state index is 12.8. The van der Waals surface area contributed by atoms with E-state index in [4.69, 9.17) is 4.42 Å². The van der Waals surface area contributed by atoms with Crippen LogP contribution in [0.2, 0.25) is 0 Å². The molecule has 5 heteroatoms. The highest BCUT2D eigenvalue weighted by Gasteiger charge is 2.18. The average Bonchev–Trinajstić information content (AvgIpc) is 3.05. The lowest BCUT2D eigenvalue weighted by atomic mass is 9.95. The highest BCUT2D eigenvalue weighted by atomic mass is 16.3. The van der Waals surface area contributed by atoms with Gasteiger partial charge >= 0.3 is 0 Å². The number of nitrogens with zero attached hydrogens (tertiary/aromatic N) is 3. The molecule has 5 nitrogen and oxygen atoms in total. The van der Waals surface area contributed by atoms with Crippen molar-refractivity contribution in [2.45, 2.75) is 84.1 Å². The van der Waals surface area contributed by atoms with Crippen molar-refractivity contribution in [1.82, 2.24) is 14.5 Å². The van der Waals surface area contributed by atoms with Crippen LogP contribution in [0.4, 0.5) is 0 Å². The molecule has 0 radical (unpaired) electrons. The summed E-state index contributed by atoms with van der Waals surface area (Å²) < 4.78 is 7.55. The van der Waals surface area contributed by atoms with Gasteiger partial charge in [-0.3, -0.25) is 9.36 Å². The van der Waals surface area contributed by atoms with Crippen LogP contribution in [0.5, 0.6) is 0 Å². The monoisotopic (exact) mass is 367 g/mol. The fourth-order valence-electron chi connectivity index (χ4n) is 4.11. The van der Waals surface area contributed by atoms with E-state index in [0.717, 1.165) is 36.8 Å². The summed E-state index contributed by atoms with van der Waals surface area (Å²) >= 11 is 0. The van der Waals surface area contributed by atoms with Gasteiger partial charge in [-0.2, -0.15) is 0 Å². The molecule has 3 aromatic heterocycles. The second kappa shape index (κ2) is 8.24. The fourth-order valence-corrected chi connectivity index (χ4v) is 4.11. The van der Waals surface area contributed by atoms with Gasteiger partial charge in [0.05, 0.1) is 11.7 Å². The summed E-state index contributed by atoms with van der Waals surface area (Å²) in [5.41, 5.74) is 3.89. The smallest absolute Gasteiger partial charge is 0.297 e. The van der Waals surface area contributed by atoms with Gasteiger partial charge in [0, 0.05) is 12.2 Å². The number of hydrogen-bond acceptors (Lipinski definition) is 4. The van der Waals surface area contributed by atoms with Crippen LogP contribution in [0.15, 0.2) is 21.6 Å². The van der Waals surface area contributed by atoms with Gasteiger partial charge in [0.25, 0.3) is 5.56 Å². The molecule has 27 heavy (non-hydrogen) atoms. The lowest BCUT2D eigenvalue weighted by Gasteiger charge is -2.13. The molecular weight excluding hydrogens is 338 g/mol. The molecule has 0 saturated heterocycles. The van der Waals surface area contributed by atoms with E-state index in [1.165, 1.54) is 50.5 Å². The summed E-state index contributed by atoms with van der Waals surface area (Å²) in [6.07, 6.45) is 14.7. The first-order valence-corrected chi connectivity index (χ1v) is 10.6. The molecule has 0 aromatic carbocycles. The third-order valence-electron chi connectivity index (χ3n) is 5.72. The molecule has 3 heterocycles. The Morgan fingerprint density at radius 3 is 2.70 bits per heavy atom. The van der Waals surface area contributed by atoms with Crippen LogP contribution in [0.25, 0.3) is 22.2 Å². The van der Waals surface area contributed by atoms with Gasteiger partial charge in [0.1, 0.15) is 5.52 Å². The van der Waals surface area contributed by atoms with Crippen LogP contribution in [-0.4, -0.2) is 14.5 Å². The van der Waals surface area contributed by atoms with Gasteiger partial charge in [-0.1, -0.05) is 45.4 Å². The largest absolute Gasteiger partial charge is 0.430 e. The zero-order valence-electron chi connectivity index (χ0n) is 16.3. The zero-order valence-corrected chi connectivity index (χ0v) is 16.3. The summed E-state index contributed by atoms with van der Waals surface area (Å²) in [5.74, 6) is 0. The third kappa shape index (κ3) is 3.78. The minimum Gasteiger partial charge on any atom is -0.430 e. The van der Waals surface area contributed by atoms with E-state index in [-0.39, 0.29) is 5.56 Å². The van der Waals surface area contributed by atoms with E-state index in [9.17, 15) is 4.79 Å². The molecule has 0 atom stereocenters. The number of furan rings is 1. The summed E-state index contributed by atoms with van der Waals surface area (Å²) in [6.45, 7) is 2.94. The lowest BCUT2D eigenvalue weighted by molar-refractivity contribution is 0.536. The molecule has 0 amide bonds. The number of fused-ring (bicyclic) bond motifs is 4. The summed E-state index contributed by atoms with van der Waals surface area (Å²) in [5, 5.41) is 0.880. The van der Waals surface area contributed by atoms with E-state index in [2.05, 4.69) is 23.0 Å². The molecule has 0 N–H and O–H groups in total. The average molecular weight is 367 g/mol. The van der Waals surface area contributed by atoms with Crippen molar-refractivity contribution < 1.29 is 4.42 Å². The highest BCUT2D eigenvalue weighted by Crippen LogP contribution is 2.29. The second-order valence-corrected chi connectivity index (χ2v) is 7.80. The Bertz CT molecular complexity index is 987. The standard InChI is InChI=1S/C22H29N3O2/c1-2-3-4-5-6-7-10-13-25-15-23-19-17-14-16-11-8-9-12-18(16)24-21(17)27-20(19)22(25)26/h14-15H,2-13H2,1H3. The van der Waals surface area contributed by atoms with Gasteiger partial charge < -0.3 is 4.42 Å². The predicted molar refractivity (Wildman–Crippen MR) is 108 cm³/mol. The maximum Gasteiger partial charge on any atom is 0.297 e. The van der Waals surface area contributed by atoms with Crippen molar-refractivity contribution in [3.63, 3.8) is 0 Å². The molecule has 0 saturated carbocycles. The molecule has 0 aliphatic heterocycles. The van der Waals surface area contributed by atoms with Crippen LogP contribution in [-0.2, 0) is 19.4 Å². The van der Waals surface area contributed by atoms with Crippen molar-refractivity contribution in [2.75, 3.05) is 0 Å². The first-order chi connectivity index (χ1) is 13.3. The van der Waals surface area contributed by atoms with E-state index in [0.29, 0.717) is 23.4 Å². The van der Waals surface area contributed by atoms with E-state index < -0.39 is 0 Å². The van der Waals surface area contributed by atoms with Crippen LogP contribution in [0.1, 0.15) is 76.0 Å². The Balaban J connectivity index is 1.51. The Kier molecular flexibility index (Phi) is 5.55. The van der Waals surface area contributed by atoms with Crippen LogP contribution >= 0.6 is 0 Å². The van der Waals surface area contributed by atoms with Crippen molar-refractivity contribution >= 4 is 22.2 Å². The number of hydrogen-bond donors (Lipinski definition) is 0.